The second-order valence-corrected chi connectivity index (χ2v) is 5.92. The van der Waals surface area contributed by atoms with E-state index in [1.165, 1.54) is 11.3 Å². The average Bonchev–Trinajstić information content (AvgIpc) is 2.89. The van der Waals surface area contributed by atoms with Crippen LogP contribution >= 0.6 is 11.3 Å². The lowest BCUT2D eigenvalue weighted by molar-refractivity contribution is -0.144. The van der Waals surface area contributed by atoms with E-state index in [2.05, 4.69) is 5.32 Å². The maximum absolute atomic E-state index is 12.0. The number of ether oxygens (including phenoxy) is 2. The SMILES string of the molecule is CCCc1cc(C(=O)OCC)c(NC(=O)CCC(=O)OCC)s1. The summed E-state index contributed by atoms with van der Waals surface area (Å²) in [5.41, 5.74) is 0.366. The van der Waals surface area contributed by atoms with Gasteiger partial charge in [0.25, 0.3) is 0 Å². The van der Waals surface area contributed by atoms with Crippen molar-refractivity contribution in [2.75, 3.05) is 18.5 Å². The van der Waals surface area contributed by atoms with Gasteiger partial charge in [-0.2, -0.15) is 0 Å². The predicted octanol–water partition coefficient (Wildman–Crippen LogP) is 3.16. The van der Waals surface area contributed by atoms with Crippen LogP contribution in [0.25, 0.3) is 0 Å². The van der Waals surface area contributed by atoms with Crippen molar-refractivity contribution in [2.24, 2.45) is 0 Å². The Morgan fingerprint density at radius 3 is 2.39 bits per heavy atom. The van der Waals surface area contributed by atoms with Crippen LogP contribution in [0.5, 0.6) is 0 Å². The van der Waals surface area contributed by atoms with Gasteiger partial charge >= 0.3 is 11.9 Å². The molecule has 23 heavy (non-hydrogen) atoms. The third-order valence-electron chi connectivity index (χ3n) is 2.89. The van der Waals surface area contributed by atoms with Crippen molar-refractivity contribution in [2.45, 2.75) is 46.5 Å². The van der Waals surface area contributed by atoms with Crippen LogP contribution in [0.4, 0.5) is 5.00 Å². The van der Waals surface area contributed by atoms with Crippen LogP contribution in [0.1, 0.15) is 55.3 Å². The van der Waals surface area contributed by atoms with E-state index in [0.717, 1.165) is 17.7 Å². The summed E-state index contributed by atoms with van der Waals surface area (Å²) in [7, 11) is 0. The summed E-state index contributed by atoms with van der Waals surface area (Å²) in [5.74, 6) is -1.19. The molecule has 1 heterocycles. The Hall–Kier alpha value is -1.89. The highest BCUT2D eigenvalue weighted by Gasteiger charge is 2.19. The standard InChI is InChI=1S/C16H23NO5S/c1-4-7-11-10-12(16(20)22-6-3)15(23-11)17-13(18)8-9-14(19)21-5-2/h10H,4-9H2,1-3H3,(H,17,18). The largest absolute Gasteiger partial charge is 0.466 e. The lowest BCUT2D eigenvalue weighted by atomic mass is 10.2. The van der Waals surface area contributed by atoms with Crippen LogP contribution < -0.4 is 5.32 Å². The third kappa shape index (κ3) is 6.40. The fraction of sp³-hybridized carbons (Fsp3) is 0.562. The number of hydrogen-bond acceptors (Lipinski definition) is 6. The molecule has 0 fully saturated rings. The van der Waals surface area contributed by atoms with Crippen molar-refractivity contribution in [3.63, 3.8) is 0 Å². The van der Waals surface area contributed by atoms with Crippen molar-refractivity contribution in [1.82, 2.24) is 0 Å². The van der Waals surface area contributed by atoms with Crippen LogP contribution in [0, 0.1) is 0 Å². The molecule has 0 radical (unpaired) electrons. The Bertz CT molecular complexity index is 553. The molecule has 1 rings (SSSR count). The van der Waals surface area contributed by atoms with Crippen LogP contribution in [0.15, 0.2) is 6.07 Å². The molecule has 0 bridgehead atoms. The van der Waals surface area contributed by atoms with Gasteiger partial charge < -0.3 is 14.8 Å². The lowest BCUT2D eigenvalue weighted by Crippen LogP contribution is -2.16. The molecule has 0 saturated carbocycles. The molecule has 1 amide bonds. The molecule has 0 spiro atoms. The molecule has 0 aliphatic rings. The van der Waals surface area contributed by atoms with Gasteiger partial charge in [-0.1, -0.05) is 13.3 Å². The summed E-state index contributed by atoms with van der Waals surface area (Å²) in [4.78, 5) is 36.2. The Labute approximate surface area is 140 Å². The Morgan fingerprint density at radius 1 is 1.09 bits per heavy atom. The second kappa shape index (κ2) is 9.99. The smallest absolute Gasteiger partial charge is 0.341 e. The van der Waals surface area contributed by atoms with Gasteiger partial charge in [0.05, 0.1) is 25.2 Å². The van der Waals surface area contributed by atoms with E-state index in [-0.39, 0.29) is 25.4 Å². The van der Waals surface area contributed by atoms with E-state index in [9.17, 15) is 14.4 Å². The molecule has 1 N–H and O–H groups in total. The number of amides is 1. The fourth-order valence-electron chi connectivity index (χ4n) is 1.90. The van der Waals surface area contributed by atoms with Crippen molar-refractivity contribution in [1.29, 1.82) is 0 Å². The summed E-state index contributed by atoms with van der Waals surface area (Å²) in [6.45, 7) is 6.05. The molecular weight excluding hydrogens is 318 g/mol. The van der Waals surface area contributed by atoms with Crippen molar-refractivity contribution in [3.05, 3.63) is 16.5 Å². The van der Waals surface area contributed by atoms with Crippen LogP contribution in [0.2, 0.25) is 0 Å². The van der Waals surface area contributed by atoms with Gasteiger partial charge in [0.15, 0.2) is 0 Å². The molecule has 6 nitrogen and oxygen atoms in total. The number of carbonyl (C=O) groups is 3. The summed E-state index contributed by atoms with van der Waals surface area (Å²) >= 11 is 1.36. The molecule has 0 saturated heterocycles. The van der Waals surface area contributed by atoms with Crippen molar-refractivity contribution < 1.29 is 23.9 Å². The Kier molecular flexibility index (Phi) is 8.32. The van der Waals surface area contributed by atoms with E-state index in [4.69, 9.17) is 9.47 Å². The zero-order valence-corrected chi connectivity index (χ0v) is 14.6. The highest BCUT2D eigenvalue weighted by Crippen LogP contribution is 2.30. The minimum atomic E-state index is -0.452. The molecule has 0 unspecified atom stereocenters. The van der Waals surface area contributed by atoms with E-state index in [1.807, 2.05) is 6.92 Å². The van der Waals surface area contributed by atoms with Gasteiger partial charge in [-0.15, -0.1) is 11.3 Å². The molecule has 0 aliphatic carbocycles. The predicted molar refractivity (Wildman–Crippen MR) is 88.8 cm³/mol. The number of hydrogen-bond donors (Lipinski definition) is 1. The molecule has 1 aromatic heterocycles. The summed E-state index contributed by atoms with van der Waals surface area (Å²) in [6.07, 6.45) is 1.80. The average molecular weight is 341 g/mol. The second-order valence-electron chi connectivity index (χ2n) is 4.78. The minimum absolute atomic E-state index is 0.0155. The number of anilines is 1. The van der Waals surface area contributed by atoms with E-state index in [1.54, 1.807) is 19.9 Å². The molecular formula is C16H23NO5S. The number of carbonyl (C=O) groups excluding carboxylic acids is 3. The zero-order valence-electron chi connectivity index (χ0n) is 13.8. The van der Waals surface area contributed by atoms with Gasteiger partial charge in [0.1, 0.15) is 5.00 Å². The normalized spacial score (nSPS) is 10.2. The maximum atomic E-state index is 12.0. The lowest BCUT2D eigenvalue weighted by Gasteiger charge is -2.06. The molecule has 7 heteroatoms. The highest BCUT2D eigenvalue weighted by atomic mass is 32.1. The van der Waals surface area contributed by atoms with Gasteiger partial charge in [-0.25, -0.2) is 4.79 Å². The van der Waals surface area contributed by atoms with Crippen LogP contribution in [-0.2, 0) is 25.5 Å². The van der Waals surface area contributed by atoms with Crippen LogP contribution in [0.3, 0.4) is 0 Å². The molecule has 0 aromatic carbocycles. The summed E-state index contributed by atoms with van der Waals surface area (Å²) in [6, 6.07) is 1.76. The first-order chi connectivity index (χ1) is 11.0. The first-order valence-electron chi connectivity index (χ1n) is 7.77. The number of esters is 2. The van der Waals surface area contributed by atoms with Crippen LogP contribution in [-0.4, -0.2) is 31.1 Å². The first kappa shape index (κ1) is 19.2. The summed E-state index contributed by atoms with van der Waals surface area (Å²) < 4.78 is 9.80. The summed E-state index contributed by atoms with van der Waals surface area (Å²) in [5, 5.41) is 3.17. The highest BCUT2D eigenvalue weighted by molar-refractivity contribution is 7.16. The Balaban J connectivity index is 2.74. The minimum Gasteiger partial charge on any atom is -0.466 e. The van der Waals surface area contributed by atoms with Crippen molar-refractivity contribution >= 4 is 34.2 Å². The number of aryl methyl sites for hydroxylation is 1. The first-order valence-corrected chi connectivity index (χ1v) is 8.58. The topological polar surface area (TPSA) is 81.7 Å². The molecule has 128 valence electrons. The van der Waals surface area contributed by atoms with Crippen molar-refractivity contribution in [3.8, 4) is 0 Å². The molecule has 1 aromatic rings. The quantitative estimate of drug-likeness (QED) is 0.698. The number of thiophene rings is 1. The fourth-order valence-corrected chi connectivity index (χ4v) is 3.07. The number of nitrogens with one attached hydrogen (secondary N) is 1. The maximum Gasteiger partial charge on any atom is 0.341 e. The molecule has 0 atom stereocenters. The zero-order chi connectivity index (χ0) is 17.2. The van der Waals surface area contributed by atoms with Gasteiger partial charge in [-0.3, -0.25) is 9.59 Å². The Morgan fingerprint density at radius 2 is 1.78 bits per heavy atom. The van der Waals surface area contributed by atoms with Gasteiger partial charge in [0.2, 0.25) is 5.91 Å². The molecule has 0 aliphatic heterocycles. The van der Waals surface area contributed by atoms with Gasteiger partial charge in [-0.05, 0) is 26.3 Å². The van der Waals surface area contributed by atoms with E-state index < -0.39 is 11.9 Å². The monoisotopic (exact) mass is 341 g/mol. The van der Waals surface area contributed by atoms with Gasteiger partial charge in [0, 0.05) is 11.3 Å². The third-order valence-corrected chi connectivity index (χ3v) is 4.00. The number of rotatable bonds is 9. The van der Waals surface area contributed by atoms with E-state index in [0.29, 0.717) is 17.2 Å². The van der Waals surface area contributed by atoms with E-state index >= 15 is 0 Å².